The number of hydrogen-bond acceptors (Lipinski definition) is 5. The van der Waals surface area contributed by atoms with E-state index in [1.165, 1.54) is 0 Å². The summed E-state index contributed by atoms with van der Waals surface area (Å²) in [6.07, 6.45) is 3.30. The van der Waals surface area contributed by atoms with Crippen LogP contribution in [0.3, 0.4) is 0 Å². The zero-order valence-corrected chi connectivity index (χ0v) is 14.6. The molecular formula is C17H19N3O3S. The van der Waals surface area contributed by atoms with Crippen LogP contribution >= 0.6 is 0 Å². The second-order valence-corrected chi connectivity index (χ2v) is 7.77. The predicted octanol–water partition coefficient (Wildman–Crippen LogP) is 2.01. The molecule has 0 fully saturated rings. The molecule has 0 amide bonds. The van der Waals surface area contributed by atoms with Crippen molar-refractivity contribution < 1.29 is 13.7 Å². The minimum absolute atomic E-state index is 0.521. The standard InChI is InChI=1S/C17H19N3O3S/c1-22-14-9-8-12(10-15(14)23-2)11-18-19-17-13-6-4-5-7-16(13)24(3,21)20-17/h4-11,24H,1-3H3,(H,19,20,21)/b18-11+. The lowest BCUT2D eigenvalue weighted by atomic mass is 10.2. The van der Waals surface area contributed by atoms with Crippen LogP contribution in [-0.2, 0) is 10.1 Å². The smallest absolute Gasteiger partial charge is 0.163 e. The van der Waals surface area contributed by atoms with E-state index in [1.807, 2.05) is 42.5 Å². The minimum atomic E-state index is -2.71. The maximum Gasteiger partial charge on any atom is 0.163 e. The lowest BCUT2D eigenvalue weighted by Gasteiger charge is -2.07. The average molecular weight is 345 g/mol. The van der Waals surface area contributed by atoms with Crippen molar-refractivity contribution in [2.75, 3.05) is 20.5 Å². The molecule has 0 bridgehead atoms. The van der Waals surface area contributed by atoms with Crippen LogP contribution in [0.15, 0.2) is 56.9 Å². The molecule has 2 aromatic rings. The molecule has 0 aliphatic carbocycles. The first-order valence-electron chi connectivity index (χ1n) is 7.34. The molecule has 0 spiro atoms. The van der Waals surface area contributed by atoms with E-state index in [2.05, 4.69) is 14.9 Å². The summed E-state index contributed by atoms with van der Waals surface area (Å²) in [4.78, 5) is 0.758. The van der Waals surface area contributed by atoms with Gasteiger partial charge in [0.25, 0.3) is 0 Å². The number of nitrogens with zero attached hydrogens (tertiary/aromatic N) is 2. The van der Waals surface area contributed by atoms with E-state index in [1.54, 1.807) is 26.7 Å². The lowest BCUT2D eigenvalue weighted by molar-refractivity contribution is 0.355. The van der Waals surface area contributed by atoms with Crippen molar-refractivity contribution in [2.24, 2.45) is 9.50 Å². The van der Waals surface area contributed by atoms with Gasteiger partial charge in [-0.15, -0.1) is 0 Å². The van der Waals surface area contributed by atoms with E-state index in [9.17, 15) is 4.21 Å². The summed E-state index contributed by atoms with van der Waals surface area (Å²) in [5.74, 6) is 1.81. The van der Waals surface area contributed by atoms with Crippen LogP contribution in [0, 0.1) is 0 Å². The summed E-state index contributed by atoms with van der Waals surface area (Å²) in [7, 11) is 0.463. The normalized spacial score (nSPS) is 16.4. The second-order valence-electron chi connectivity index (χ2n) is 5.33. The zero-order chi connectivity index (χ0) is 17.2. The number of thiol groups is 1. The SMILES string of the molecule is COc1ccc(/C=N/NC2=N[SH](C)(=O)c3ccccc32)cc1OC. The van der Waals surface area contributed by atoms with Crippen LogP contribution in [0.1, 0.15) is 11.1 Å². The Labute approximate surface area is 141 Å². The molecule has 0 saturated heterocycles. The molecule has 1 aliphatic heterocycles. The Kier molecular flexibility index (Phi) is 4.35. The summed E-state index contributed by atoms with van der Waals surface area (Å²) >= 11 is 0. The molecule has 0 atom stereocenters. The maximum atomic E-state index is 12.5. The van der Waals surface area contributed by atoms with Gasteiger partial charge in [-0.2, -0.15) is 9.50 Å². The third-order valence-electron chi connectivity index (χ3n) is 3.69. The van der Waals surface area contributed by atoms with E-state index >= 15 is 0 Å². The highest BCUT2D eigenvalue weighted by molar-refractivity contribution is 8.01. The average Bonchev–Trinajstić information content (AvgIpc) is 2.86. The summed E-state index contributed by atoms with van der Waals surface area (Å²) < 4.78 is 27.3. The highest BCUT2D eigenvalue weighted by Gasteiger charge is 2.25. The van der Waals surface area contributed by atoms with Gasteiger partial charge in [-0.3, -0.25) is 9.63 Å². The quantitative estimate of drug-likeness (QED) is 0.505. The Bertz CT molecular complexity index is 877. The highest BCUT2D eigenvalue weighted by atomic mass is 32.3. The van der Waals surface area contributed by atoms with E-state index in [0.29, 0.717) is 17.3 Å². The van der Waals surface area contributed by atoms with Gasteiger partial charge >= 0.3 is 0 Å². The number of amidine groups is 1. The van der Waals surface area contributed by atoms with Gasteiger partial charge in [-0.1, -0.05) is 12.1 Å². The van der Waals surface area contributed by atoms with E-state index in [-0.39, 0.29) is 0 Å². The number of methoxy groups -OCH3 is 2. The number of benzene rings is 2. The molecular weight excluding hydrogens is 326 g/mol. The largest absolute Gasteiger partial charge is 0.493 e. The van der Waals surface area contributed by atoms with Gasteiger partial charge in [0.1, 0.15) is 0 Å². The number of hydrazone groups is 1. The number of fused-ring (bicyclic) bond motifs is 1. The van der Waals surface area contributed by atoms with Gasteiger partial charge in [0.15, 0.2) is 17.3 Å². The van der Waals surface area contributed by atoms with Crippen LogP contribution in [0.2, 0.25) is 0 Å². The predicted molar refractivity (Wildman–Crippen MR) is 97.0 cm³/mol. The van der Waals surface area contributed by atoms with Gasteiger partial charge < -0.3 is 9.47 Å². The molecule has 126 valence electrons. The summed E-state index contributed by atoms with van der Waals surface area (Å²) in [6.45, 7) is 0. The van der Waals surface area contributed by atoms with Crippen LogP contribution in [0.4, 0.5) is 0 Å². The van der Waals surface area contributed by atoms with Crippen molar-refractivity contribution in [3.63, 3.8) is 0 Å². The molecule has 24 heavy (non-hydrogen) atoms. The third-order valence-corrected chi connectivity index (χ3v) is 5.55. The molecule has 1 aliphatic rings. The Morgan fingerprint density at radius 1 is 1.12 bits per heavy atom. The van der Waals surface area contributed by atoms with E-state index < -0.39 is 10.1 Å². The highest BCUT2D eigenvalue weighted by Crippen LogP contribution is 2.29. The van der Waals surface area contributed by atoms with Gasteiger partial charge in [0, 0.05) is 26.8 Å². The Hall–Kier alpha value is -2.67. The van der Waals surface area contributed by atoms with Gasteiger partial charge in [-0.05, 0) is 35.9 Å². The zero-order valence-electron chi connectivity index (χ0n) is 13.7. The van der Waals surface area contributed by atoms with Crippen molar-refractivity contribution in [3.05, 3.63) is 53.6 Å². The van der Waals surface area contributed by atoms with Gasteiger partial charge in [0.05, 0.1) is 20.4 Å². The molecule has 0 aromatic heterocycles. The first-order chi connectivity index (χ1) is 11.5. The Morgan fingerprint density at radius 3 is 2.62 bits per heavy atom. The Morgan fingerprint density at radius 2 is 1.88 bits per heavy atom. The van der Waals surface area contributed by atoms with Gasteiger partial charge in [0.2, 0.25) is 0 Å². The van der Waals surface area contributed by atoms with Crippen LogP contribution < -0.4 is 14.9 Å². The molecule has 1 N–H and O–H groups in total. The number of nitrogens with one attached hydrogen (secondary N) is 1. The minimum Gasteiger partial charge on any atom is -0.493 e. The van der Waals surface area contributed by atoms with Crippen molar-refractivity contribution in [3.8, 4) is 11.5 Å². The summed E-state index contributed by atoms with van der Waals surface area (Å²) in [5, 5.41) is 4.20. The monoisotopic (exact) mass is 345 g/mol. The first kappa shape index (κ1) is 16.2. The maximum absolute atomic E-state index is 12.5. The topological polar surface area (TPSA) is 72.3 Å². The second kappa shape index (κ2) is 6.45. The van der Waals surface area contributed by atoms with Crippen LogP contribution in [0.25, 0.3) is 0 Å². The van der Waals surface area contributed by atoms with Crippen molar-refractivity contribution in [1.82, 2.24) is 5.43 Å². The molecule has 6 nitrogen and oxygen atoms in total. The van der Waals surface area contributed by atoms with Crippen LogP contribution in [-0.4, -0.2) is 36.7 Å². The van der Waals surface area contributed by atoms with Crippen LogP contribution in [0.5, 0.6) is 11.5 Å². The third kappa shape index (κ3) is 3.03. The number of ether oxygens (including phenoxy) is 2. The fourth-order valence-electron chi connectivity index (χ4n) is 2.52. The first-order valence-corrected chi connectivity index (χ1v) is 9.44. The number of rotatable bonds is 4. The summed E-state index contributed by atoms with van der Waals surface area (Å²) in [5.41, 5.74) is 4.55. The van der Waals surface area contributed by atoms with Gasteiger partial charge in [-0.25, -0.2) is 0 Å². The molecule has 3 rings (SSSR count). The van der Waals surface area contributed by atoms with E-state index in [0.717, 1.165) is 16.0 Å². The van der Waals surface area contributed by atoms with Crippen molar-refractivity contribution >= 4 is 22.2 Å². The molecule has 0 radical (unpaired) electrons. The molecule has 0 unspecified atom stereocenters. The summed E-state index contributed by atoms with van der Waals surface area (Å²) in [6, 6.07) is 13.0. The van der Waals surface area contributed by atoms with E-state index in [4.69, 9.17) is 9.47 Å². The number of hydrogen-bond donors (Lipinski definition) is 2. The lowest BCUT2D eigenvalue weighted by Crippen LogP contribution is -2.17. The van der Waals surface area contributed by atoms with Crippen molar-refractivity contribution in [2.45, 2.75) is 4.90 Å². The fourth-order valence-corrected chi connectivity index (χ4v) is 4.15. The Balaban J connectivity index is 1.79. The molecule has 1 heterocycles. The molecule has 0 saturated carbocycles. The molecule has 7 heteroatoms. The molecule has 2 aromatic carbocycles. The fraction of sp³-hybridized carbons (Fsp3) is 0.176. The van der Waals surface area contributed by atoms with Crippen molar-refractivity contribution in [1.29, 1.82) is 0 Å².